The molecule has 0 unspecified atom stereocenters. The van der Waals surface area contributed by atoms with Crippen molar-refractivity contribution in [3.8, 4) is 0 Å². The molecule has 1 rings (SSSR count). The molecule has 0 spiro atoms. The normalized spacial score (nSPS) is 12.5. The van der Waals surface area contributed by atoms with Crippen LogP contribution in [0.25, 0.3) is 0 Å². The van der Waals surface area contributed by atoms with E-state index in [0.717, 1.165) is 30.0 Å². The summed E-state index contributed by atoms with van der Waals surface area (Å²) < 4.78 is 33.2. The van der Waals surface area contributed by atoms with E-state index in [9.17, 15) is 13.0 Å². The smallest absolute Gasteiger partial charge is 0.282 e. The summed E-state index contributed by atoms with van der Waals surface area (Å²) in [6.45, 7) is 8.90. The van der Waals surface area contributed by atoms with Gasteiger partial charge in [-0.25, -0.2) is 0 Å². The molecule has 0 aliphatic carbocycles. The van der Waals surface area contributed by atoms with Crippen molar-refractivity contribution in [2.45, 2.75) is 102 Å². The molecule has 150 valence electrons. The van der Waals surface area contributed by atoms with Gasteiger partial charge in [-0.3, -0.25) is 4.55 Å². The molecular weight excluding hydrogens is 360 g/mol. The van der Waals surface area contributed by atoms with E-state index in [1.54, 1.807) is 12.1 Å². The lowest BCUT2D eigenvalue weighted by molar-refractivity contribution is 0.481. The summed E-state index contributed by atoms with van der Waals surface area (Å²) in [4.78, 5) is 0.119. The van der Waals surface area contributed by atoms with Gasteiger partial charge < -0.3 is 0 Å². The number of rotatable bonds is 13. The minimum Gasteiger partial charge on any atom is -0.282 e. The Morgan fingerprint density at radius 1 is 0.846 bits per heavy atom. The summed E-state index contributed by atoms with van der Waals surface area (Å²) in [5.74, 6) is 0. The topological polar surface area (TPSA) is 54.4 Å². The summed E-state index contributed by atoms with van der Waals surface area (Å²) in [6.07, 6.45) is 13.4. The van der Waals surface area contributed by atoms with E-state index in [4.69, 9.17) is 0 Å². The molecule has 0 atom stereocenters. The van der Waals surface area contributed by atoms with E-state index < -0.39 is 18.2 Å². The zero-order chi connectivity index (χ0) is 19.6. The molecule has 1 N–H and O–H groups in total. The summed E-state index contributed by atoms with van der Waals surface area (Å²) >= 11 is 0. The average Bonchev–Trinajstić information content (AvgIpc) is 2.54. The fourth-order valence-electron chi connectivity index (χ4n) is 3.56. The van der Waals surface area contributed by atoms with Crippen LogP contribution in [-0.2, 0) is 16.5 Å². The largest absolute Gasteiger partial charge is 0.294 e. The van der Waals surface area contributed by atoms with Crippen LogP contribution in [0, 0.1) is 0 Å². The molecule has 1 aromatic carbocycles. The zero-order valence-electron chi connectivity index (χ0n) is 17.2. The SMILES string of the molecule is CCCCCCCCCCCCc1c([Si](C)(C)C)cccc1S(=O)(=O)O. The molecule has 26 heavy (non-hydrogen) atoms. The minimum atomic E-state index is -4.16. The third-order valence-electron chi connectivity index (χ3n) is 5.00. The Morgan fingerprint density at radius 3 is 1.81 bits per heavy atom. The van der Waals surface area contributed by atoms with Crippen LogP contribution in [0.4, 0.5) is 0 Å². The van der Waals surface area contributed by atoms with Crippen molar-refractivity contribution >= 4 is 23.4 Å². The molecule has 3 nitrogen and oxygen atoms in total. The highest BCUT2D eigenvalue weighted by molar-refractivity contribution is 7.85. The average molecular weight is 399 g/mol. The van der Waals surface area contributed by atoms with Gasteiger partial charge in [0.15, 0.2) is 0 Å². The van der Waals surface area contributed by atoms with Crippen molar-refractivity contribution < 1.29 is 13.0 Å². The number of hydrogen-bond acceptors (Lipinski definition) is 2. The van der Waals surface area contributed by atoms with E-state index in [2.05, 4.69) is 26.6 Å². The third-order valence-corrected chi connectivity index (χ3v) is 8.02. The second-order valence-electron chi connectivity index (χ2n) is 8.44. The fourth-order valence-corrected chi connectivity index (χ4v) is 6.18. The van der Waals surface area contributed by atoms with Crippen LogP contribution in [0.1, 0.15) is 76.7 Å². The number of benzene rings is 1. The van der Waals surface area contributed by atoms with Gasteiger partial charge >= 0.3 is 0 Å². The first-order chi connectivity index (χ1) is 12.2. The van der Waals surface area contributed by atoms with Crippen LogP contribution in [0.5, 0.6) is 0 Å². The first kappa shape index (κ1) is 23.4. The molecule has 0 heterocycles. The van der Waals surface area contributed by atoms with Gasteiger partial charge in [0.1, 0.15) is 0 Å². The molecule has 0 bridgehead atoms. The van der Waals surface area contributed by atoms with Gasteiger partial charge in [-0.2, -0.15) is 8.42 Å². The summed E-state index contributed by atoms with van der Waals surface area (Å²) in [7, 11) is -5.82. The fraction of sp³-hybridized carbons (Fsp3) is 0.714. The van der Waals surface area contributed by atoms with E-state index in [-0.39, 0.29) is 4.90 Å². The van der Waals surface area contributed by atoms with Crippen LogP contribution >= 0.6 is 0 Å². The first-order valence-corrected chi connectivity index (χ1v) is 15.2. The van der Waals surface area contributed by atoms with Crippen LogP contribution in [0.3, 0.4) is 0 Å². The molecule has 0 aromatic heterocycles. The highest BCUT2D eigenvalue weighted by atomic mass is 32.2. The van der Waals surface area contributed by atoms with Crippen molar-refractivity contribution in [2.75, 3.05) is 0 Å². The molecular formula is C21H38O3SSi. The lowest BCUT2D eigenvalue weighted by atomic mass is 10.0. The standard InChI is InChI=1S/C21H38O3SSi/c1-5-6-7-8-9-10-11-12-13-14-16-19-20(25(22,23)24)17-15-18-21(19)26(2,3)4/h15,17-18H,5-14,16H2,1-4H3,(H,22,23,24). The highest BCUT2D eigenvalue weighted by Crippen LogP contribution is 2.20. The maximum atomic E-state index is 11.8. The van der Waals surface area contributed by atoms with Gasteiger partial charge in [-0.15, -0.1) is 0 Å². The van der Waals surface area contributed by atoms with Gasteiger partial charge in [-0.1, -0.05) is 102 Å². The lowest BCUT2D eigenvalue weighted by Crippen LogP contribution is -2.41. The second-order valence-corrected chi connectivity index (χ2v) is 14.9. The monoisotopic (exact) mass is 398 g/mol. The Hall–Kier alpha value is -0.653. The first-order valence-electron chi connectivity index (χ1n) is 10.3. The molecule has 0 aliphatic heterocycles. The Bertz CT molecular complexity index is 633. The van der Waals surface area contributed by atoms with E-state index in [0.29, 0.717) is 0 Å². The van der Waals surface area contributed by atoms with Gasteiger partial charge in [0.05, 0.1) is 13.0 Å². The molecule has 0 radical (unpaired) electrons. The van der Waals surface area contributed by atoms with Crippen LogP contribution < -0.4 is 5.19 Å². The molecule has 5 heteroatoms. The molecule has 0 fully saturated rings. The van der Waals surface area contributed by atoms with Crippen molar-refractivity contribution in [1.82, 2.24) is 0 Å². The van der Waals surface area contributed by atoms with Crippen molar-refractivity contribution in [1.29, 1.82) is 0 Å². The van der Waals surface area contributed by atoms with Gasteiger partial charge in [-0.05, 0) is 24.5 Å². The lowest BCUT2D eigenvalue weighted by Gasteiger charge is -2.22. The molecule has 1 aromatic rings. The van der Waals surface area contributed by atoms with Gasteiger partial charge in [0, 0.05) is 0 Å². The molecule has 0 saturated carbocycles. The Morgan fingerprint density at radius 2 is 1.35 bits per heavy atom. The van der Waals surface area contributed by atoms with Crippen LogP contribution in [0.15, 0.2) is 23.1 Å². The van der Waals surface area contributed by atoms with Gasteiger partial charge in [0.25, 0.3) is 10.1 Å². The zero-order valence-corrected chi connectivity index (χ0v) is 19.0. The summed E-state index contributed by atoms with van der Waals surface area (Å²) in [6, 6.07) is 5.36. The van der Waals surface area contributed by atoms with Crippen LogP contribution in [-0.4, -0.2) is 21.0 Å². The second kappa shape index (κ2) is 11.2. The minimum absolute atomic E-state index is 0.119. The Kier molecular flexibility index (Phi) is 10.1. The van der Waals surface area contributed by atoms with Crippen LogP contribution in [0.2, 0.25) is 19.6 Å². The van der Waals surface area contributed by atoms with Crippen molar-refractivity contribution in [3.63, 3.8) is 0 Å². The van der Waals surface area contributed by atoms with E-state index in [1.165, 1.54) is 51.4 Å². The maximum Gasteiger partial charge on any atom is 0.294 e. The maximum absolute atomic E-state index is 11.8. The highest BCUT2D eigenvalue weighted by Gasteiger charge is 2.25. The number of unbranched alkanes of at least 4 members (excludes halogenated alkanes) is 9. The quantitative estimate of drug-likeness (QED) is 0.254. The molecule has 0 saturated heterocycles. The summed E-state index contributed by atoms with van der Waals surface area (Å²) in [5, 5.41) is 1.16. The Balaban J connectivity index is 2.54. The predicted octanol–water partition coefficient (Wildman–Crippen LogP) is 5.94. The summed E-state index contributed by atoms with van der Waals surface area (Å²) in [5.41, 5.74) is 0.855. The van der Waals surface area contributed by atoms with Crippen molar-refractivity contribution in [3.05, 3.63) is 23.8 Å². The third kappa shape index (κ3) is 8.36. The van der Waals surface area contributed by atoms with E-state index in [1.807, 2.05) is 6.07 Å². The van der Waals surface area contributed by atoms with Gasteiger partial charge in [0.2, 0.25) is 0 Å². The number of hydrogen-bond donors (Lipinski definition) is 1. The molecule has 0 amide bonds. The Labute approximate surface area is 162 Å². The predicted molar refractivity (Wildman–Crippen MR) is 115 cm³/mol. The molecule has 0 aliphatic rings. The van der Waals surface area contributed by atoms with E-state index >= 15 is 0 Å². The van der Waals surface area contributed by atoms with Crippen molar-refractivity contribution in [2.24, 2.45) is 0 Å².